The third kappa shape index (κ3) is 5.00. The first-order valence-corrected chi connectivity index (χ1v) is 11.9. The van der Waals surface area contributed by atoms with Gasteiger partial charge >= 0.3 is 6.03 Å². The highest BCUT2D eigenvalue weighted by Crippen LogP contribution is 2.47. The number of hydrogen-bond acceptors (Lipinski definition) is 3. The maximum absolute atomic E-state index is 12.8. The van der Waals surface area contributed by atoms with Gasteiger partial charge in [0, 0.05) is 22.8 Å². The molecule has 0 radical (unpaired) electrons. The van der Waals surface area contributed by atoms with E-state index >= 15 is 0 Å². The molecule has 174 valence electrons. The number of nitrogens with zero attached hydrogens (tertiary/aromatic N) is 1. The van der Waals surface area contributed by atoms with E-state index in [0.717, 1.165) is 24.9 Å². The van der Waals surface area contributed by atoms with Crippen molar-refractivity contribution in [2.45, 2.75) is 84.0 Å². The SMILES string of the molecule is CCC1(C)CC(NC(=O)Nc2ccccc2)C(C)C(C)(CC)N1OC(C)c1ccccc1. The van der Waals surface area contributed by atoms with Gasteiger partial charge in [0.1, 0.15) is 6.10 Å². The second-order valence-electron chi connectivity index (χ2n) is 9.58. The molecule has 2 amide bonds. The maximum Gasteiger partial charge on any atom is 0.319 e. The first-order chi connectivity index (χ1) is 15.2. The Labute approximate surface area is 193 Å². The van der Waals surface area contributed by atoms with Gasteiger partial charge in [0.05, 0.1) is 0 Å². The first kappa shape index (κ1) is 24.3. The van der Waals surface area contributed by atoms with Crippen LogP contribution in [0.3, 0.4) is 0 Å². The zero-order valence-electron chi connectivity index (χ0n) is 20.4. The van der Waals surface area contributed by atoms with Crippen molar-refractivity contribution in [1.29, 1.82) is 0 Å². The lowest BCUT2D eigenvalue weighted by atomic mass is 9.68. The van der Waals surface area contributed by atoms with Crippen molar-refractivity contribution in [1.82, 2.24) is 10.4 Å². The van der Waals surface area contributed by atoms with E-state index in [4.69, 9.17) is 4.84 Å². The number of carbonyl (C=O) groups excluding carboxylic acids is 1. The van der Waals surface area contributed by atoms with Gasteiger partial charge in [-0.25, -0.2) is 4.79 Å². The third-order valence-corrected chi connectivity index (χ3v) is 7.56. The summed E-state index contributed by atoms with van der Waals surface area (Å²) in [5.41, 5.74) is 1.54. The average molecular weight is 438 g/mol. The lowest BCUT2D eigenvalue weighted by molar-refractivity contribution is -0.327. The van der Waals surface area contributed by atoms with Gasteiger partial charge in [-0.3, -0.25) is 4.84 Å². The van der Waals surface area contributed by atoms with E-state index in [9.17, 15) is 4.79 Å². The predicted octanol–water partition coefficient (Wildman–Crippen LogP) is 6.55. The molecule has 0 saturated carbocycles. The molecule has 1 saturated heterocycles. The number of hydroxylamine groups is 2. The summed E-state index contributed by atoms with van der Waals surface area (Å²) in [6.07, 6.45) is 2.62. The number of nitrogens with one attached hydrogen (secondary N) is 2. The molecule has 2 aromatic rings. The molecule has 3 rings (SSSR count). The number of carbonyl (C=O) groups is 1. The van der Waals surface area contributed by atoms with Crippen LogP contribution in [0.25, 0.3) is 0 Å². The molecule has 0 aromatic heterocycles. The summed E-state index contributed by atoms with van der Waals surface area (Å²) < 4.78 is 0. The summed E-state index contributed by atoms with van der Waals surface area (Å²) in [5, 5.41) is 8.50. The minimum absolute atomic E-state index is 0.0421. The molecular formula is C27H39N3O2. The normalized spacial score (nSPS) is 29.3. The smallest absolute Gasteiger partial charge is 0.319 e. The van der Waals surface area contributed by atoms with Crippen molar-refractivity contribution in [3.05, 3.63) is 66.2 Å². The van der Waals surface area contributed by atoms with Crippen LogP contribution in [0, 0.1) is 5.92 Å². The topological polar surface area (TPSA) is 53.6 Å². The zero-order valence-corrected chi connectivity index (χ0v) is 20.4. The lowest BCUT2D eigenvalue weighted by Gasteiger charge is -2.60. The number of benzene rings is 2. The highest BCUT2D eigenvalue weighted by atomic mass is 16.7. The van der Waals surface area contributed by atoms with E-state index in [2.05, 4.69) is 81.5 Å². The highest BCUT2D eigenvalue weighted by molar-refractivity contribution is 5.89. The van der Waals surface area contributed by atoms with Crippen molar-refractivity contribution in [3.8, 4) is 0 Å². The Morgan fingerprint density at radius 1 is 1.06 bits per heavy atom. The van der Waals surface area contributed by atoms with Crippen LogP contribution < -0.4 is 10.6 Å². The minimum Gasteiger partial charge on any atom is -0.335 e. The van der Waals surface area contributed by atoms with Crippen LogP contribution in [0.5, 0.6) is 0 Å². The Bertz CT molecular complexity index is 875. The number of hydrogen-bond donors (Lipinski definition) is 2. The summed E-state index contributed by atoms with van der Waals surface area (Å²) in [5.74, 6) is 0.205. The Morgan fingerprint density at radius 3 is 2.22 bits per heavy atom. The van der Waals surface area contributed by atoms with E-state index in [1.807, 2.05) is 36.4 Å². The summed E-state index contributed by atoms with van der Waals surface area (Å²) in [7, 11) is 0. The molecule has 2 N–H and O–H groups in total. The second kappa shape index (κ2) is 10.1. The molecule has 0 aliphatic carbocycles. The van der Waals surface area contributed by atoms with Crippen LogP contribution in [0.4, 0.5) is 10.5 Å². The van der Waals surface area contributed by atoms with Gasteiger partial charge in [-0.15, -0.1) is 0 Å². The molecule has 0 bridgehead atoms. The molecule has 1 aliphatic heterocycles. The van der Waals surface area contributed by atoms with Gasteiger partial charge in [0.2, 0.25) is 0 Å². The molecule has 5 heteroatoms. The summed E-state index contributed by atoms with van der Waals surface area (Å²) in [6, 6.07) is 19.8. The Kier molecular flexibility index (Phi) is 7.63. The standard InChI is InChI=1S/C27H39N3O2/c1-7-26(5)19-24(29-25(31)28-23-17-13-10-14-18-23)20(3)27(6,8-2)30(26)32-21(4)22-15-11-9-12-16-22/h9-18,20-21,24H,7-8,19H2,1-6H3,(H2,28,29,31). The van der Waals surface area contributed by atoms with E-state index in [1.54, 1.807) is 0 Å². The van der Waals surface area contributed by atoms with Crippen molar-refractivity contribution in [2.75, 3.05) is 5.32 Å². The first-order valence-electron chi connectivity index (χ1n) is 11.9. The van der Waals surface area contributed by atoms with Crippen LogP contribution in [0.1, 0.15) is 72.5 Å². The molecular weight excluding hydrogens is 398 g/mol. The van der Waals surface area contributed by atoms with Crippen LogP contribution >= 0.6 is 0 Å². The van der Waals surface area contributed by atoms with Crippen molar-refractivity contribution in [2.24, 2.45) is 5.92 Å². The summed E-state index contributed by atoms with van der Waals surface area (Å²) in [4.78, 5) is 19.5. The van der Waals surface area contributed by atoms with E-state index in [0.29, 0.717) is 0 Å². The van der Waals surface area contributed by atoms with Gasteiger partial charge in [-0.05, 0) is 63.6 Å². The van der Waals surface area contributed by atoms with Gasteiger partial charge in [0.15, 0.2) is 0 Å². The number of piperidine rings is 1. The summed E-state index contributed by atoms with van der Waals surface area (Å²) in [6.45, 7) is 13.3. The largest absolute Gasteiger partial charge is 0.335 e. The Hall–Kier alpha value is -2.37. The predicted molar refractivity (Wildman–Crippen MR) is 131 cm³/mol. The highest BCUT2D eigenvalue weighted by Gasteiger charge is 2.54. The van der Waals surface area contributed by atoms with Crippen molar-refractivity contribution in [3.63, 3.8) is 0 Å². The second-order valence-corrected chi connectivity index (χ2v) is 9.58. The van der Waals surface area contributed by atoms with Gasteiger partial charge in [-0.2, -0.15) is 5.06 Å². The van der Waals surface area contributed by atoms with E-state index < -0.39 is 0 Å². The Balaban J connectivity index is 1.81. The van der Waals surface area contributed by atoms with E-state index in [1.165, 1.54) is 5.56 Å². The molecule has 5 nitrogen and oxygen atoms in total. The number of rotatable bonds is 7. The van der Waals surface area contributed by atoms with Crippen LogP contribution in [0.2, 0.25) is 0 Å². The fraction of sp³-hybridized carbons (Fsp3) is 0.519. The molecule has 5 atom stereocenters. The Morgan fingerprint density at radius 2 is 1.66 bits per heavy atom. The zero-order chi connectivity index (χ0) is 23.4. The molecule has 1 aliphatic rings. The van der Waals surface area contributed by atoms with Crippen LogP contribution in [-0.4, -0.2) is 28.2 Å². The monoisotopic (exact) mass is 437 g/mol. The molecule has 32 heavy (non-hydrogen) atoms. The fourth-order valence-electron chi connectivity index (χ4n) is 4.95. The van der Waals surface area contributed by atoms with E-state index in [-0.39, 0.29) is 35.2 Å². The minimum atomic E-state index is -0.225. The number of para-hydroxylation sites is 1. The lowest BCUT2D eigenvalue weighted by Crippen LogP contribution is -2.70. The summed E-state index contributed by atoms with van der Waals surface area (Å²) >= 11 is 0. The molecule has 1 fully saturated rings. The van der Waals surface area contributed by atoms with Gasteiger partial charge in [0.25, 0.3) is 0 Å². The van der Waals surface area contributed by atoms with Gasteiger partial charge < -0.3 is 10.6 Å². The number of anilines is 1. The van der Waals surface area contributed by atoms with Crippen LogP contribution in [0.15, 0.2) is 60.7 Å². The molecule has 1 heterocycles. The number of amides is 2. The quantitative estimate of drug-likeness (QED) is 0.516. The van der Waals surface area contributed by atoms with Crippen LogP contribution in [-0.2, 0) is 4.84 Å². The maximum atomic E-state index is 12.8. The van der Waals surface area contributed by atoms with Gasteiger partial charge in [-0.1, -0.05) is 69.3 Å². The molecule has 0 spiro atoms. The van der Waals surface area contributed by atoms with Crippen molar-refractivity contribution < 1.29 is 9.63 Å². The molecule has 2 aromatic carbocycles. The number of urea groups is 1. The third-order valence-electron chi connectivity index (χ3n) is 7.56. The van der Waals surface area contributed by atoms with Crippen molar-refractivity contribution >= 4 is 11.7 Å². The average Bonchev–Trinajstić information content (AvgIpc) is 2.81. The fourth-order valence-corrected chi connectivity index (χ4v) is 4.95. The molecule has 5 unspecified atom stereocenters.